The lowest BCUT2D eigenvalue weighted by Gasteiger charge is -2.27. The van der Waals surface area contributed by atoms with Gasteiger partial charge in [-0.2, -0.15) is 0 Å². The molecule has 26 heavy (non-hydrogen) atoms. The highest BCUT2D eigenvalue weighted by Gasteiger charge is 2.37. The molecule has 3 rings (SSSR count). The number of amides is 1. The normalized spacial score (nSPS) is 15.6. The second-order valence-corrected chi connectivity index (χ2v) is 8.05. The third-order valence-corrected chi connectivity index (χ3v) is 5.01. The van der Waals surface area contributed by atoms with E-state index in [9.17, 15) is 9.59 Å². The van der Waals surface area contributed by atoms with Crippen LogP contribution < -0.4 is 5.32 Å². The number of furan rings is 1. The third kappa shape index (κ3) is 3.74. The van der Waals surface area contributed by atoms with Crippen molar-refractivity contribution in [1.29, 1.82) is 0 Å². The van der Waals surface area contributed by atoms with Crippen molar-refractivity contribution in [2.75, 3.05) is 5.32 Å². The molecule has 1 aliphatic rings. The van der Waals surface area contributed by atoms with Crippen LogP contribution in [0.15, 0.2) is 28.7 Å². The molecule has 0 saturated heterocycles. The van der Waals surface area contributed by atoms with E-state index in [1.54, 1.807) is 6.92 Å². The quantitative estimate of drug-likeness (QED) is 0.789. The van der Waals surface area contributed by atoms with Crippen LogP contribution in [-0.2, 0) is 12.8 Å². The summed E-state index contributed by atoms with van der Waals surface area (Å²) in [7, 11) is 0. The number of hydrogen-bond donors (Lipinski definition) is 1. The second kappa shape index (κ2) is 7.10. The van der Waals surface area contributed by atoms with Crippen LogP contribution >= 0.6 is 0 Å². The van der Waals surface area contributed by atoms with Crippen molar-refractivity contribution in [3.63, 3.8) is 0 Å². The molecule has 0 unspecified atom stereocenters. The van der Waals surface area contributed by atoms with E-state index in [0.717, 1.165) is 24.9 Å². The number of ketones is 1. The second-order valence-electron chi connectivity index (χ2n) is 8.05. The molecule has 0 aliphatic heterocycles. The largest absolute Gasteiger partial charge is 0.455 e. The summed E-state index contributed by atoms with van der Waals surface area (Å²) < 4.78 is 5.82. The molecule has 0 radical (unpaired) electrons. The van der Waals surface area contributed by atoms with E-state index in [0.29, 0.717) is 29.7 Å². The van der Waals surface area contributed by atoms with E-state index < -0.39 is 0 Å². The van der Waals surface area contributed by atoms with Crippen molar-refractivity contribution in [3.8, 4) is 0 Å². The van der Waals surface area contributed by atoms with Crippen molar-refractivity contribution in [3.05, 3.63) is 52.5 Å². The Kier molecular flexibility index (Phi) is 5.03. The Balaban J connectivity index is 1.78. The monoisotopic (exact) mass is 353 g/mol. The maximum atomic E-state index is 12.7. The first-order chi connectivity index (χ1) is 12.3. The lowest BCUT2D eigenvalue weighted by Crippen LogP contribution is -2.26. The first-order valence-corrected chi connectivity index (χ1v) is 9.36. The zero-order valence-corrected chi connectivity index (χ0v) is 16.1. The summed E-state index contributed by atoms with van der Waals surface area (Å²) in [6, 6.07) is 7.90. The molecule has 4 heteroatoms. The lowest BCUT2D eigenvalue weighted by molar-refractivity contribution is 0.0898. The summed E-state index contributed by atoms with van der Waals surface area (Å²) in [6.07, 6.45) is 4.53. The van der Waals surface area contributed by atoms with Crippen LogP contribution in [0.3, 0.4) is 0 Å². The number of anilines is 1. The fourth-order valence-electron chi connectivity index (χ4n) is 3.62. The van der Waals surface area contributed by atoms with Gasteiger partial charge in [0.25, 0.3) is 5.91 Å². The number of Topliss-reactive ketones (excluding diaryl/α,β-unsaturated/α-hetero) is 1. The zero-order valence-electron chi connectivity index (χ0n) is 16.1. The number of hydrogen-bond acceptors (Lipinski definition) is 3. The maximum Gasteiger partial charge on any atom is 0.291 e. The first-order valence-electron chi connectivity index (χ1n) is 9.36. The molecular formula is C22H27NO3. The van der Waals surface area contributed by atoms with Gasteiger partial charge in [-0.15, -0.1) is 0 Å². The Morgan fingerprint density at radius 3 is 2.54 bits per heavy atom. The van der Waals surface area contributed by atoms with Crippen LogP contribution in [0, 0.1) is 12.3 Å². The van der Waals surface area contributed by atoms with Crippen molar-refractivity contribution >= 4 is 17.4 Å². The van der Waals surface area contributed by atoms with Crippen LogP contribution in [0.2, 0.25) is 0 Å². The number of aryl methyl sites for hydroxylation is 1. The predicted molar refractivity (Wildman–Crippen MR) is 103 cm³/mol. The molecule has 0 saturated carbocycles. The highest BCUT2D eigenvalue weighted by Crippen LogP contribution is 2.38. The van der Waals surface area contributed by atoms with Gasteiger partial charge in [0.2, 0.25) is 0 Å². The molecular weight excluding hydrogens is 326 g/mol. The van der Waals surface area contributed by atoms with Crippen LogP contribution in [0.1, 0.15) is 77.8 Å². The molecule has 0 spiro atoms. The molecule has 0 bridgehead atoms. The molecule has 1 heterocycles. The molecule has 1 aromatic heterocycles. The number of rotatable bonds is 5. The number of fused-ring (bicyclic) bond motifs is 1. The summed E-state index contributed by atoms with van der Waals surface area (Å²) in [6.45, 7) is 8.06. The van der Waals surface area contributed by atoms with Crippen molar-refractivity contribution in [2.45, 2.75) is 59.8 Å². The topological polar surface area (TPSA) is 59.3 Å². The van der Waals surface area contributed by atoms with Crippen LogP contribution in [0.4, 0.5) is 5.69 Å². The van der Waals surface area contributed by atoms with Gasteiger partial charge in [0.1, 0.15) is 5.76 Å². The summed E-state index contributed by atoms with van der Waals surface area (Å²) >= 11 is 0. The summed E-state index contributed by atoms with van der Waals surface area (Å²) in [5.74, 6) is 0.653. The molecule has 1 amide bonds. The number of nitrogens with one attached hydrogen (secondary N) is 1. The number of carbonyl (C=O) groups excluding carboxylic acids is 2. The molecule has 2 aromatic rings. The highest BCUT2D eigenvalue weighted by molar-refractivity contribution is 6.07. The smallest absolute Gasteiger partial charge is 0.291 e. The molecule has 138 valence electrons. The zero-order chi connectivity index (χ0) is 18.9. The van der Waals surface area contributed by atoms with E-state index in [1.807, 2.05) is 38.1 Å². The molecule has 0 atom stereocenters. The van der Waals surface area contributed by atoms with E-state index >= 15 is 0 Å². The van der Waals surface area contributed by atoms with Crippen LogP contribution in [-0.4, -0.2) is 11.7 Å². The van der Waals surface area contributed by atoms with Gasteiger partial charge in [0, 0.05) is 24.1 Å². The minimum Gasteiger partial charge on any atom is -0.455 e. The Bertz CT molecular complexity index is 828. The van der Waals surface area contributed by atoms with Gasteiger partial charge in [0.05, 0.1) is 5.56 Å². The number of carbonyl (C=O) groups is 2. The summed E-state index contributed by atoms with van der Waals surface area (Å²) in [4.78, 5) is 25.1. The highest BCUT2D eigenvalue weighted by atomic mass is 16.4. The maximum absolute atomic E-state index is 12.7. The lowest BCUT2D eigenvalue weighted by atomic mass is 9.76. The van der Waals surface area contributed by atoms with Crippen LogP contribution in [0.25, 0.3) is 0 Å². The van der Waals surface area contributed by atoms with Gasteiger partial charge in [-0.1, -0.05) is 39.3 Å². The molecule has 1 N–H and O–H groups in total. The minimum absolute atomic E-state index is 0.0665. The molecule has 1 aromatic carbocycles. The van der Waals surface area contributed by atoms with E-state index in [2.05, 4.69) is 12.2 Å². The fourth-order valence-corrected chi connectivity index (χ4v) is 3.62. The van der Waals surface area contributed by atoms with Crippen molar-refractivity contribution in [2.24, 2.45) is 5.41 Å². The van der Waals surface area contributed by atoms with Gasteiger partial charge in [-0.25, -0.2) is 0 Å². The van der Waals surface area contributed by atoms with E-state index in [4.69, 9.17) is 4.42 Å². The fraction of sp³-hybridized carbons (Fsp3) is 0.455. The van der Waals surface area contributed by atoms with Gasteiger partial charge in [0.15, 0.2) is 11.5 Å². The predicted octanol–water partition coefficient (Wildman–Crippen LogP) is 5.34. The third-order valence-electron chi connectivity index (χ3n) is 5.01. The minimum atomic E-state index is -0.302. The van der Waals surface area contributed by atoms with Gasteiger partial charge >= 0.3 is 0 Å². The standard InChI is InChI=1S/C22H27NO3/c1-5-6-7-15-8-10-16(11-9-15)23-21(25)20-14(2)19-17(24)12-22(3,4)13-18(19)26-20/h8-11H,5-7,12-13H2,1-4H3,(H,23,25). The summed E-state index contributed by atoms with van der Waals surface area (Å²) in [5.41, 5.74) is 3.12. The van der Waals surface area contributed by atoms with E-state index in [-0.39, 0.29) is 22.9 Å². The average Bonchev–Trinajstić information content (AvgIpc) is 2.89. The molecule has 0 fully saturated rings. The van der Waals surface area contributed by atoms with Gasteiger partial charge in [-0.05, 0) is 42.9 Å². The van der Waals surface area contributed by atoms with Crippen molar-refractivity contribution in [1.82, 2.24) is 0 Å². The van der Waals surface area contributed by atoms with Crippen molar-refractivity contribution < 1.29 is 14.0 Å². The average molecular weight is 353 g/mol. The van der Waals surface area contributed by atoms with Gasteiger partial charge in [-0.3, -0.25) is 9.59 Å². The Morgan fingerprint density at radius 1 is 1.19 bits per heavy atom. The van der Waals surface area contributed by atoms with Gasteiger partial charge < -0.3 is 9.73 Å². The first kappa shape index (κ1) is 18.4. The Labute approximate surface area is 155 Å². The van der Waals surface area contributed by atoms with E-state index in [1.165, 1.54) is 5.56 Å². The molecule has 4 nitrogen and oxygen atoms in total. The molecule has 1 aliphatic carbocycles. The number of benzene rings is 1. The van der Waals surface area contributed by atoms with Crippen LogP contribution in [0.5, 0.6) is 0 Å². The summed E-state index contributed by atoms with van der Waals surface area (Å²) in [5, 5.41) is 2.88. The Hall–Kier alpha value is -2.36. The SMILES string of the molecule is CCCCc1ccc(NC(=O)c2oc3c(c2C)C(=O)CC(C)(C)C3)cc1. The number of unbranched alkanes of at least 4 members (excludes halogenated alkanes) is 1. The Morgan fingerprint density at radius 2 is 1.88 bits per heavy atom.